The first-order valence-electron chi connectivity index (χ1n) is 19.3. The molecular formula is C40H46N10O3S. The van der Waals surface area contributed by atoms with Crippen molar-refractivity contribution in [3.63, 3.8) is 0 Å². The van der Waals surface area contributed by atoms with Crippen LogP contribution in [0.25, 0.3) is 32.4 Å². The number of hydrogen-bond donors (Lipinski definition) is 3. The Bertz CT molecular complexity index is 2200. The van der Waals surface area contributed by atoms with Crippen LogP contribution >= 0.6 is 11.3 Å². The number of nitrogens with one attached hydrogen (secondary N) is 3. The van der Waals surface area contributed by atoms with Gasteiger partial charge >= 0.3 is 0 Å². The van der Waals surface area contributed by atoms with Crippen LogP contribution in [0, 0.1) is 0 Å². The van der Waals surface area contributed by atoms with Gasteiger partial charge in [0.2, 0.25) is 11.8 Å². The highest BCUT2D eigenvalue weighted by atomic mass is 32.1. The van der Waals surface area contributed by atoms with Gasteiger partial charge in [-0.05, 0) is 87.7 Å². The number of pyridine rings is 1. The van der Waals surface area contributed by atoms with Gasteiger partial charge in [-0.2, -0.15) is 0 Å². The Balaban J connectivity index is 0.740. The lowest BCUT2D eigenvalue weighted by Crippen LogP contribution is -2.47. The minimum atomic E-state index is -0.236. The number of nitrogens with zero attached hydrogens (tertiary/aromatic N) is 7. The van der Waals surface area contributed by atoms with E-state index in [-0.39, 0.29) is 29.7 Å². The van der Waals surface area contributed by atoms with Gasteiger partial charge in [0.1, 0.15) is 10.6 Å². The second kappa shape index (κ2) is 14.7. The summed E-state index contributed by atoms with van der Waals surface area (Å²) < 4.78 is 3.11. The standard InChI is InChI=1S/C40H46N10O3S/c1-25-23-41-37-36-30-7-9-32(43-31(30)10-11-34(36)54-38(37)40(53)42-25)33-24-50(46-45-33)28-13-17-47(18-14-28)15-2-16-48-19-21-49(22-20-48)27-5-3-26(4-6-27)29-8-12-35(51)44-39(29)52/h3-7,9-11,24-25,28-29,41H,2,8,12-23H2,1H3,(H,42,53)(H,44,51,52)/t25-,29?/m1/s1. The van der Waals surface area contributed by atoms with Gasteiger partial charge in [-0.1, -0.05) is 17.3 Å². The minimum absolute atomic E-state index is 0.0233. The molecule has 9 rings (SSSR count). The molecule has 2 atom stereocenters. The Kier molecular flexibility index (Phi) is 9.49. The molecule has 3 aromatic heterocycles. The van der Waals surface area contributed by atoms with Crippen LogP contribution in [-0.4, -0.2) is 112 Å². The van der Waals surface area contributed by atoms with E-state index in [1.165, 1.54) is 17.0 Å². The van der Waals surface area contributed by atoms with Crippen molar-refractivity contribution in [3.05, 3.63) is 65.2 Å². The van der Waals surface area contributed by atoms with Crippen LogP contribution in [0.1, 0.15) is 66.2 Å². The zero-order chi connectivity index (χ0) is 36.8. The molecular weight excluding hydrogens is 701 g/mol. The van der Waals surface area contributed by atoms with E-state index in [4.69, 9.17) is 4.98 Å². The number of hydrogen-bond acceptors (Lipinski definition) is 11. The monoisotopic (exact) mass is 746 g/mol. The van der Waals surface area contributed by atoms with Crippen molar-refractivity contribution in [3.8, 4) is 11.4 Å². The molecule has 13 nitrogen and oxygen atoms in total. The molecule has 0 radical (unpaired) electrons. The SMILES string of the molecule is C[C@@H]1CNc2c(sc3ccc4nc(-c5cn(C6CCN(CCCN7CCN(c8ccc(C9CCC(=O)NC9=O)cc8)CC7)CC6)nn5)ccc4c23)C(=O)N1. The third-order valence-corrected chi connectivity index (χ3v) is 12.8. The Morgan fingerprint density at radius 3 is 2.41 bits per heavy atom. The van der Waals surface area contributed by atoms with E-state index in [1.54, 1.807) is 0 Å². The highest BCUT2D eigenvalue weighted by Gasteiger charge is 2.29. The number of amides is 3. The van der Waals surface area contributed by atoms with E-state index in [0.29, 0.717) is 25.4 Å². The molecule has 280 valence electrons. The normalized spacial score (nSPS) is 21.9. The molecule has 1 unspecified atom stereocenters. The first-order chi connectivity index (χ1) is 26.4. The summed E-state index contributed by atoms with van der Waals surface area (Å²) in [5.74, 6) is -0.616. The second-order valence-corrected chi connectivity index (χ2v) is 16.2. The van der Waals surface area contributed by atoms with Crippen molar-refractivity contribution in [2.45, 2.75) is 57.0 Å². The Morgan fingerprint density at radius 2 is 1.63 bits per heavy atom. The molecule has 3 amide bonds. The summed E-state index contributed by atoms with van der Waals surface area (Å²) in [5.41, 5.74) is 5.54. The summed E-state index contributed by atoms with van der Waals surface area (Å²) in [5, 5.41) is 20.2. The van der Waals surface area contributed by atoms with E-state index in [1.807, 2.05) is 42.1 Å². The van der Waals surface area contributed by atoms with Gasteiger partial charge in [-0.25, -0.2) is 9.67 Å². The van der Waals surface area contributed by atoms with E-state index in [0.717, 1.165) is 120 Å². The molecule has 0 bridgehead atoms. The lowest BCUT2D eigenvalue weighted by atomic mass is 9.90. The molecule has 14 heteroatoms. The number of anilines is 2. The van der Waals surface area contributed by atoms with Crippen LogP contribution in [0.15, 0.2) is 54.7 Å². The predicted octanol–water partition coefficient (Wildman–Crippen LogP) is 4.62. The lowest BCUT2D eigenvalue weighted by molar-refractivity contribution is -0.134. The molecule has 2 aromatic carbocycles. The number of carbonyl (C=O) groups is 3. The van der Waals surface area contributed by atoms with Gasteiger partial charge in [-0.15, -0.1) is 16.4 Å². The number of aromatic nitrogens is 4. The Labute approximate surface area is 318 Å². The number of fused-ring (bicyclic) bond motifs is 5. The van der Waals surface area contributed by atoms with Crippen LogP contribution in [0.5, 0.6) is 0 Å². The van der Waals surface area contributed by atoms with Gasteiger partial charge in [0.15, 0.2) is 0 Å². The van der Waals surface area contributed by atoms with Crippen molar-refractivity contribution in [2.24, 2.45) is 0 Å². The molecule has 0 aliphatic carbocycles. The fourth-order valence-corrected chi connectivity index (χ4v) is 9.62. The maximum atomic E-state index is 12.8. The van der Waals surface area contributed by atoms with Crippen molar-refractivity contribution in [2.75, 3.05) is 69.1 Å². The highest BCUT2D eigenvalue weighted by molar-refractivity contribution is 7.21. The number of piperazine rings is 1. The summed E-state index contributed by atoms with van der Waals surface area (Å²) in [6.45, 7) is 11.1. The third-order valence-electron chi connectivity index (χ3n) is 11.6. The zero-order valence-corrected chi connectivity index (χ0v) is 31.4. The van der Waals surface area contributed by atoms with Crippen molar-refractivity contribution < 1.29 is 14.4 Å². The average Bonchev–Trinajstić information content (AvgIpc) is 3.81. The highest BCUT2D eigenvalue weighted by Crippen LogP contribution is 2.41. The first-order valence-corrected chi connectivity index (χ1v) is 20.1. The van der Waals surface area contributed by atoms with Gasteiger partial charge in [0, 0.05) is 79.4 Å². The summed E-state index contributed by atoms with van der Waals surface area (Å²) in [6.07, 6.45) is 6.29. The summed E-state index contributed by atoms with van der Waals surface area (Å²) >= 11 is 1.52. The number of benzene rings is 2. The van der Waals surface area contributed by atoms with Gasteiger partial charge in [0.25, 0.3) is 5.91 Å². The van der Waals surface area contributed by atoms with Crippen LogP contribution in [-0.2, 0) is 9.59 Å². The third kappa shape index (κ3) is 6.93. The van der Waals surface area contributed by atoms with Gasteiger partial charge < -0.3 is 20.4 Å². The fourth-order valence-electron chi connectivity index (χ4n) is 8.52. The van der Waals surface area contributed by atoms with Crippen molar-refractivity contribution >= 4 is 61.4 Å². The van der Waals surface area contributed by atoms with E-state index >= 15 is 0 Å². The molecule has 0 saturated carbocycles. The van der Waals surface area contributed by atoms with Gasteiger partial charge in [0.05, 0.1) is 35.1 Å². The molecule has 54 heavy (non-hydrogen) atoms. The van der Waals surface area contributed by atoms with E-state index in [9.17, 15) is 14.4 Å². The fraction of sp³-hybridized carbons (Fsp3) is 0.450. The molecule has 3 saturated heterocycles. The minimum Gasteiger partial charge on any atom is -0.381 e. The first kappa shape index (κ1) is 34.8. The molecule has 5 aromatic rings. The zero-order valence-electron chi connectivity index (χ0n) is 30.6. The Hall–Kier alpha value is -4.92. The summed E-state index contributed by atoms with van der Waals surface area (Å²) in [4.78, 5) is 49.9. The number of imide groups is 1. The largest absolute Gasteiger partial charge is 0.381 e. The number of rotatable bonds is 8. The summed E-state index contributed by atoms with van der Waals surface area (Å²) in [6, 6.07) is 16.9. The maximum Gasteiger partial charge on any atom is 0.263 e. The number of carbonyl (C=O) groups excluding carboxylic acids is 3. The smallest absolute Gasteiger partial charge is 0.263 e. The molecule has 3 fully saturated rings. The van der Waals surface area contributed by atoms with Crippen LogP contribution in [0.3, 0.4) is 0 Å². The quantitative estimate of drug-likeness (QED) is 0.193. The van der Waals surface area contributed by atoms with Crippen molar-refractivity contribution in [1.29, 1.82) is 0 Å². The molecule has 7 heterocycles. The maximum absolute atomic E-state index is 12.8. The summed E-state index contributed by atoms with van der Waals surface area (Å²) in [7, 11) is 0. The number of piperidine rings is 2. The van der Waals surface area contributed by atoms with Crippen LogP contribution < -0.4 is 20.9 Å². The molecule has 4 aliphatic heterocycles. The van der Waals surface area contributed by atoms with Crippen LogP contribution in [0.4, 0.5) is 11.4 Å². The number of thiophene rings is 1. The molecule has 0 spiro atoms. The van der Waals surface area contributed by atoms with Gasteiger partial charge in [-0.3, -0.25) is 24.6 Å². The van der Waals surface area contributed by atoms with Crippen molar-refractivity contribution in [1.82, 2.24) is 40.4 Å². The van der Waals surface area contributed by atoms with E-state index in [2.05, 4.69) is 65.2 Å². The molecule has 4 aliphatic rings. The topological polar surface area (TPSA) is 141 Å². The second-order valence-electron chi connectivity index (χ2n) is 15.2. The van der Waals surface area contributed by atoms with E-state index < -0.39 is 0 Å². The van der Waals surface area contributed by atoms with Crippen LogP contribution in [0.2, 0.25) is 0 Å². The molecule has 3 N–H and O–H groups in total. The predicted molar refractivity (Wildman–Crippen MR) is 211 cm³/mol. The number of likely N-dealkylation sites (tertiary alicyclic amines) is 1. The average molecular weight is 747 g/mol. The lowest BCUT2D eigenvalue weighted by Gasteiger charge is -2.37. The Morgan fingerprint density at radius 1 is 0.852 bits per heavy atom.